The van der Waals surface area contributed by atoms with Crippen molar-refractivity contribution in [1.29, 1.82) is 0 Å². The second kappa shape index (κ2) is 8.16. The van der Waals surface area contributed by atoms with E-state index in [-0.39, 0.29) is 17.9 Å². The van der Waals surface area contributed by atoms with Crippen molar-refractivity contribution >= 4 is 28.6 Å². The van der Waals surface area contributed by atoms with E-state index in [0.29, 0.717) is 32.9 Å². The van der Waals surface area contributed by atoms with E-state index in [1.807, 2.05) is 0 Å². The van der Waals surface area contributed by atoms with Crippen molar-refractivity contribution in [2.24, 2.45) is 0 Å². The Morgan fingerprint density at radius 3 is 2.40 bits per heavy atom. The van der Waals surface area contributed by atoms with E-state index in [4.69, 9.17) is 16.3 Å². The van der Waals surface area contributed by atoms with Gasteiger partial charge >= 0.3 is 5.97 Å². The number of carbonyl (C=O) groups is 1. The van der Waals surface area contributed by atoms with E-state index < -0.39 is 17.6 Å². The molecule has 0 fully saturated rings. The third kappa shape index (κ3) is 3.86. The van der Waals surface area contributed by atoms with Crippen LogP contribution in [0.25, 0.3) is 33.5 Å². The number of hydrogen-bond acceptors (Lipinski definition) is 4. The van der Waals surface area contributed by atoms with E-state index in [9.17, 15) is 13.6 Å². The molecule has 4 rings (SSSR count). The fourth-order valence-electron chi connectivity index (χ4n) is 3.07. The number of halogens is 3. The molecule has 0 bridgehead atoms. The van der Waals surface area contributed by atoms with Gasteiger partial charge in [-0.3, -0.25) is 0 Å². The summed E-state index contributed by atoms with van der Waals surface area (Å²) in [7, 11) is 0. The van der Waals surface area contributed by atoms with Crippen LogP contribution in [0.4, 0.5) is 8.78 Å². The molecule has 0 aliphatic heterocycles. The van der Waals surface area contributed by atoms with Gasteiger partial charge in [0.25, 0.3) is 0 Å². The van der Waals surface area contributed by atoms with E-state index in [0.717, 1.165) is 0 Å². The van der Waals surface area contributed by atoms with Crippen LogP contribution < -0.4 is 0 Å². The summed E-state index contributed by atoms with van der Waals surface area (Å²) in [6.07, 6.45) is 0. The zero-order valence-electron chi connectivity index (χ0n) is 15.8. The van der Waals surface area contributed by atoms with Crippen LogP contribution in [-0.4, -0.2) is 22.5 Å². The first-order chi connectivity index (χ1) is 14.5. The van der Waals surface area contributed by atoms with Crippen molar-refractivity contribution < 1.29 is 18.3 Å². The molecule has 4 nitrogen and oxygen atoms in total. The number of esters is 1. The SMILES string of the molecule is CCOC(=O)c1ccc2nc(-c3ccc(F)cc3)c(-c3cc(Cl)ccc3F)nc2c1. The highest BCUT2D eigenvalue weighted by Crippen LogP contribution is 2.34. The topological polar surface area (TPSA) is 52.1 Å². The maximum atomic E-state index is 14.7. The Kier molecular flexibility index (Phi) is 5.42. The van der Waals surface area contributed by atoms with E-state index in [1.54, 1.807) is 37.3 Å². The fraction of sp³-hybridized carbons (Fsp3) is 0.0870. The lowest BCUT2D eigenvalue weighted by Crippen LogP contribution is -2.05. The molecule has 150 valence electrons. The van der Waals surface area contributed by atoms with Gasteiger partial charge < -0.3 is 4.74 Å². The molecule has 0 aliphatic rings. The van der Waals surface area contributed by atoms with Crippen LogP contribution in [0, 0.1) is 11.6 Å². The number of carbonyl (C=O) groups excluding carboxylic acids is 1. The van der Waals surface area contributed by atoms with Crippen molar-refractivity contribution in [2.75, 3.05) is 6.61 Å². The fourth-order valence-corrected chi connectivity index (χ4v) is 3.24. The molecule has 3 aromatic carbocycles. The van der Waals surface area contributed by atoms with Gasteiger partial charge in [-0.05, 0) is 67.6 Å². The van der Waals surface area contributed by atoms with Gasteiger partial charge in [-0.15, -0.1) is 0 Å². The molecular formula is C23H15ClF2N2O2. The number of fused-ring (bicyclic) bond motifs is 1. The first-order valence-corrected chi connectivity index (χ1v) is 9.54. The number of benzene rings is 3. The van der Waals surface area contributed by atoms with Crippen molar-refractivity contribution in [3.05, 3.63) is 82.9 Å². The third-order valence-corrected chi connectivity index (χ3v) is 4.71. The van der Waals surface area contributed by atoms with Gasteiger partial charge in [0.2, 0.25) is 0 Å². The summed E-state index contributed by atoms with van der Waals surface area (Å²) >= 11 is 6.08. The van der Waals surface area contributed by atoms with E-state index >= 15 is 0 Å². The molecule has 0 saturated heterocycles. The van der Waals surface area contributed by atoms with Gasteiger partial charge in [-0.25, -0.2) is 23.5 Å². The lowest BCUT2D eigenvalue weighted by Gasteiger charge is -2.12. The number of aromatic nitrogens is 2. The smallest absolute Gasteiger partial charge is 0.338 e. The maximum Gasteiger partial charge on any atom is 0.338 e. The predicted molar refractivity (Wildman–Crippen MR) is 111 cm³/mol. The zero-order valence-corrected chi connectivity index (χ0v) is 16.6. The Balaban J connectivity index is 1.98. The Bertz CT molecular complexity index is 1260. The van der Waals surface area contributed by atoms with Gasteiger partial charge in [0, 0.05) is 16.1 Å². The largest absolute Gasteiger partial charge is 0.462 e. The van der Waals surface area contributed by atoms with Crippen molar-refractivity contribution in [3.8, 4) is 22.5 Å². The summed E-state index contributed by atoms with van der Waals surface area (Å²) in [6.45, 7) is 1.96. The van der Waals surface area contributed by atoms with Gasteiger partial charge in [0.1, 0.15) is 17.3 Å². The zero-order chi connectivity index (χ0) is 21.3. The minimum atomic E-state index is -0.530. The van der Waals surface area contributed by atoms with Crippen molar-refractivity contribution in [3.63, 3.8) is 0 Å². The maximum absolute atomic E-state index is 14.7. The molecule has 4 aromatic rings. The Morgan fingerprint density at radius 2 is 1.67 bits per heavy atom. The number of nitrogens with zero attached hydrogens (tertiary/aromatic N) is 2. The second-order valence-corrected chi connectivity index (χ2v) is 6.91. The van der Waals surface area contributed by atoms with Gasteiger partial charge in [-0.2, -0.15) is 0 Å². The van der Waals surface area contributed by atoms with Crippen LogP contribution in [0.3, 0.4) is 0 Å². The summed E-state index contributed by atoms with van der Waals surface area (Å²) in [5, 5.41) is 0.332. The average molecular weight is 425 g/mol. The standard InChI is InChI=1S/C23H15ClF2N2O2/c1-2-30-23(29)14-5-10-19-20(11-14)28-22(17-12-15(24)6-9-18(17)26)21(27-19)13-3-7-16(25)8-4-13/h3-12H,2H2,1H3. The van der Waals surface area contributed by atoms with Crippen LogP contribution >= 0.6 is 11.6 Å². The monoisotopic (exact) mass is 424 g/mol. The van der Waals surface area contributed by atoms with Crippen LogP contribution in [0.2, 0.25) is 5.02 Å². The number of hydrogen-bond donors (Lipinski definition) is 0. The summed E-state index contributed by atoms with van der Waals surface area (Å²) in [5.41, 5.74) is 2.51. The molecule has 0 saturated carbocycles. The molecule has 0 N–H and O–H groups in total. The highest BCUT2D eigenvalue weighted by atomic mass is 35.5. The van der Waals surface area contributed by atoms with Crippen LogP contribution in [0.15, 0.2) is 60.7 Å². The highest BCUT2D eigenvalue weighted by Gasteiger charge is 2.18. The molecule has 0 radical (unpaired) electrons. The normalized spacial score (nSPS) is 10.9. The summed E-state index contributed by atoms with van der Waals surface area (Å²) in [6, 6.07) is 14.6. The quantitative estimate of drug-likeness (QED) is 0.373. The summed E-state index contributed by atoms with van der Waals surface area (Å²) in [5.74, 6) is -1.42. The Hall–Kier alpha value is -3.38. The van der Waals surface area contributed by atoms with Crippen LogP contribution in [-0.2, 0) is 4.74 Å². The molecular weight excluding hydrogens is 410 g/mol. The van der Waals surface area contributed by atoms with Crippen LogP contribution in [0.5, 0.6) is 0 Å². The molecule has 30 heavy (non-hydrogen) atoms. The molecule has 7 heteroatoms. The molecule has 1 heterocycles. The molecule has 0 atom stereocenters. The van der Waals surface area contributed by atoms with Crippen molar-refractivity contribution in [1.82, 2.24) is 9.97 Å². The molecule has 0 aliphatic carbocycles. The Morgan fingerprint density at radius 1 is 0.933 bits per heavy atom. The van der Waals surface area contributed by atoms with Gasteiger partial charge in [-0.1, -0.05) is 11.6 Å². The third-order valence-electron chi connectivity index (χ3n) is 4.48. The van der Waals surface area contributed by atoms with Crippen LogP contribution in [0.1, 0.15) is 17.3 Å². The average Bonchev–Trinajstić information content (AvgIpc) is 2.75. The summed E-state index contributed by atoms with van der Waals surface area (Å²) in [4.78, 5) is 21.3. The van der Waals surface area contributed by atoms with Gasteiger partial charge in [0.15, 0.2) is 0 Å². The Labute approximate surface area is 176 Å². The van der Waals surface area contributed by atoms with E-state index in [2.05, 4.69) is 9.97 Å². The molecule has 1 aromatic heterocycles. The first-order valence-electron chi connectivity index (χ1n) is 9.16. The second-order valence-electron chi connectivity index (χ2n) is 6.48. The minimum absolute atomic E-state index is 0.151. The predicted octanol–water partition coefficient (Wildman–Crippen LogP) is 6.07. The lowest BCUT2D eigenvalue weighted by atomic mass is 10.0. The van der Waals surface area contributed by atoms with Gasteiger partial charge in [0.05, 0.1) is 28.9 Å². The van der Waals surface area contributed by atoms with E-state index in [1.165, 1.54) is 30.3 Å². The number of rotatable bonds is 4. The minimum Gasteiger partial charge on any atom is -0.462 e. The number of ether oxygens (including phenoxy) is 1. The molecule has 0 spiro atoms. The lowest BCUT2D eigenvalue weighted by molar-refractivity contribution is 0.0526. The van der Waals surface area contributed by atoms with Crippen molar-refractivity contribution in [2.45, 2.75) is 6.92 Å². The summed E-state index contributed by atoms with van der Waals surface area (Å²) < 4.78 is 33.1. The highest BCUT2D eigenvalue weighted by molar-refractivity contribution is 6.30. The molecule has 0 unspecified atom stereocenters. The molecule has 0 amide bonds. The first kappa shape index (κ1) is 19.9.